The number of nitrogens with zero attached hydrogens (tertiary/aromatic N) is 3. The maximum absolute atomic E-state index is 12.2. The fraction of sp³-hybridized carbons (Fsp3) is 0.588. The van der Waals surface area contributed by atoms with Gasteiger partial charge in [-0.15, -0.1) is 0 Å². The Morgan fingerprint density at radius 2 is 2.04 bits per heavy atom. The van der Waals surface area contributed by atoms with Crippen LogP contribution in [0.25, 0.3) is 0 Å². The molecule has 138 valence electrons. The summed E-state index contributed by atoms with van der Waals surface area (Å²) in [7, 11) is 1.53. The van der Waals surface area contributed by atoms with Crippen LogP contribution in [0.2, 0.25) is 0 Å². The number of likely N-dealkylation sites (N-methyl/N-ethyl adjacent to an activating group) is 1. The molecular formula is C17H21N5O3S. The number of hydrogen-bond donors (Lipinski definition) is 2. The first-order valence-electron chi connectivity index (χ1n) is 8.22. The molecule has 1 aliphatic carbocycles. The zero-order chi connectivity index (χ0) is 19.5. The van der Waals surface area contributed by atoms with Crippen LogP contribution in [0.3, 0.4) is 0 Å². The third kappa shape index (κ3) is 4.36. The van der Waals surface area contributed by atoms with Crippen LogP contribution in [-0.4, -0.2) is 48.0 Å². The lowest BCUT2D eigenvalue weighted by Gasteiger charge is -2.34. The molecule has 0 aromatic heterocycles. The van der Waals surface area contributed by atoms with Gasteiger partial charge < -0.3 is 15.5 Å². The van der Waals surface area contributed by atoms with Crippen LogP contribution >= 0.6 is 11.8 Å². The van der Waals surface area contributed by atoms with Gasteiger partial charge in [-0.3, -0.25) is 14.4 Å². The fourth-order valence-electron chi connectivity index (χ4n) is 2.58. The first-order valence-corrected chi connectivity index (χ1v) is 9.20. The second kappa shape index (κ2) is 7.79. The average Bonchev–Trinajstić information content (AvgIpc) is 3.35. The van der Waals surface area contributed by atoms with Crippen molar-refractivity contribution >= 4 is 29.5 Å². The molecule has 26 heavy (non-hydrogen) atoms. The van der Waals surface area contributed by atoms with Gasteiger partial charge in [0, 0.05) is 18.5 Å². The van der Waals surface area contributed by atoms with E-state index < -0.39 is 17.2 Å². The molecule has 8 nitrogen and oxygen atoms in total. The van der Waals surface area contributed by atoms with Crippen LogP contribution in [-0.2, 0) is 14.4 Å². The summed E-state index contributed by atoms with van der Waals surface area (Å²) in [5.74, 6) is -1.97. The van der Waals surface area contributed by atoms with Gasteiger partial charge in [0.25, 0.3) is 0 Å². The SMILES string of the molecule is CN(CC(=O)NC1CC1)C(=O)CSC1=C(C#N)C(C)(C)[C@H](C#N)C(=O)N1. The van der Waals surface area contributed by atoms with Gasteiger partial charge in [-0.05, 0) is 12.8 Å². The van der Waals surface area contributed by atoms with E-state index in [4.69, 9.17) is 0 Å². The van der Waals surface area contributed by atoms with Crippen molar-refractivity contribution in [3.05, 3.63) is 10.6 Å². The molecule has 2 N–H and O–H groups in total. The topological polar surface area (TPSA) is 126 Å². The number of rotatable bonds is 6. The molecule has 0 saturated heterocycles. The molecule has 1 heterocycles. The summed E-state index contributed by atoms with van der Waals surface area (Å²) in [6.45, 7) is 3.29. The Bertz CT molecular complexity index is 742. The van der Waals surface area contributed by atoms with E-state index in [1.54, 1.807) is 13.8 Å². The molecule has 3 amide bonds. The zero-order valence-electron chi connectivity index (χ0n) is 15.0. The number of nitriles is 2. The van der Waals surface area contributed by atoms with Crippen molar-refractivity contribution in [2.75, 3.05) is 19.3 Å². The van der Waals surface area contributed by atoms with E-state index in [1.165, 1.54) is 11.9 Å². The van der Waals surface area contributed by atoms with Gasteiger partial charge in [0.2, 0.25) is 17.7 Å². The zero-order valence-corrected chi connectivity index (χ0v) is 15.8. The van der Waals surface area contributed by atoms with E-state index in [2.05, 4.69) is 10.6 Å². The maximum atomic E-state index is 12.2. The van der Waals surface area contributed by atoms with Crippen LogP contribution in [0, 0.1) is 34.0 Å². The molecule has 2 aliphatic rings. The molecule has 0 bridgehead atoms. The summed E-state index contributed by atoms with van der Waals surface area (Å²) in [6.07, 6.45) is 1.95. The van der Waals surface area contributed by atoms with Crippen molar-refractivity contribution in [3.63, 3.8) is 0 Å². The van der Waals surface area contributed by atoms with E-state index in [0.29, 0.717) is 0 Å². The standard InChI is InChI=1S/C17H21N5O3S/c1-17(2)11(6-18)15(25)21-16(12(17)7-19)26-9-14(24)22(3)8-13(23)20-10-4-5-10/h10-11H,4-5,8-9H2,1-3H3,(H,20,23)(H,21,25)/t11-/m1/s1. The van der Waals surface area contributed by atoms with E-state index in [1.807, 2.05) is 12.1 Å². The number of carbonyl (C=O) groups is 3. The average molecular weight is 375 g/mol. The Labute approximate surface area is 156 Å². The smallest absolute Gasteiger partial charge is 0.243 e. The molecule has 1 saturated carbocycles. The van der Waals surface area contributed by atoms with Crippen molar-refractivity contribution in [2.24, 2.45) is 11.3 Å². The first-order chi connectivity index (χ1) is 12.2. The molecule has 2 rings (SSSR count). The molecule has 0 radical (unpaired) electrons. The van der Waals surface area contributed by atoms with Crippen molar-refractivity contribution < 1.29 is 14.4 Å². The van der Waals surface area contributed by atoms with Crippen molar-refractivity contribution in [1.29, 1.82) is 10.5 Å². The molecule has 1 aliphatic heterocycles. The number of carbonyl (C=O) groups excluding carboxylic acids is 3. The minimum absolute atomic E-state index is 0.0265. The van der Waals surface area contributed by atoms with Crippen LogP contribution in [0.1, 0.15) is 26.7 Å². The van der Waals surface area contributed by atoms with Gasteiger partial charge in [-0.1, -0.05) is 25.6 Å². The Morgan fingerprint density at radius 3 is 2.58 bits per heavy atom. The van der Waals surface area contributed by atoms with Crippen molar-refractivity contribution in [2.45, 2.75) is 32.7 Å². The molecule has 1 atom stereocenters. The largest absolute Gasteiger partial charge is 0.352 e. The Morgan fingerprint density at radius 1 is 1.38 bits per heavy atom. The highest BCUT2D eigenvalue weighted by Gasteiger charge is 2.44. The van der Waals surface area contributed by atoms with Crippen molar-refractivity contribution in [1.82, 2.24) is 15.5 Å². The minimum Gasteiger partial charge on any atom is -0.352 e. The number of allylic oxidation sites excluding steroid dienone is 1. The lowest BCUT2D eigenvalue weighted by Crippen LogP contribution is -2.45. The summed E-state index contributed by atoms with van der Waals surface area (Å²) in [6, 6.07) is 4.21. The number of thioether (sulfide) groups is 1. The van der Waals surface area contributed by atoms with Crippen LogP contribution in [0.4, 0.5) is 0 Å². The molecule has 0 spiro atoms. The Hall–Kier alpha value is -2.52. The summed E-state index contributed by atoms with van der Waals surface area (Å²) in [5.41, 5.74) is -0.664. The number of nitrogens with one attached hydrogen (secondary N) is 2. The van der Waals surface area contributed by atoms with Gasteiger partial charge in [-0.25, -0.2) is 0 Å². The quantitative estimate of drug-likeness (QED) is 0.696. The lowest BCUT2D eigenvalue weighted by molar-refractivity contribution is -0.132. The third-order valence-corrected chi connectivity index (χ3v) is 5.41. The Balaban J connectivity index is 2.00. The second-order valence-corrected chi connectivity index (χ2v) is 7.95. The molecule has 0 unspecified atom stereocenters. The summed E-state index contributed by atoms with van der Waals surface area (Å²) in [5, 5.41) is 24.3. The number of amides is 3. The summed E-state index contributed by atoms with van der Waals surface area (Å²) in [4.78, 5) is 37.4. The third-order valence-electron chi connectivity index (χ3n) is 4.42. The molecule has 1 fully saturated rings. The predicted octanol–water partition coefficient (Wildman–Crippen LogP) is 0.488. The Kier molecular flexibility index (Phi) is 5.94. The van der Waals surface area contributed by atoms with Gasteiger partial charge in [-0.2, -0.15) is 10.5 Å². The first kappa shape index (κ1) is 19.8. The lowest BCUT2D eigenvalue weighted by atomic mass is 9.72. The summed E-state index contributed by atoms with van der Waals surface area (Å²) < 4.78 is 0. The second-order valence-electron chi connectivity index (χ2n) is 6.97. The predicted molar refractivity (Wildman–Crippen MR) is 94.9 cm³/mol. The van der Waals surface area contributed by atoms with Crippen LogP contribution in [0.15, 0.2) is 10.6 Å². The van der Waals surface area contributed by atoms with Crippen LogP contribution < -0.4 is 10.6 Å². The minimum atomic E-state index is -0.967. The van der Waals surface area contributed by atoms with E-state index in [9.17, 15) is 24.9 Å². The normalized spacial score (nSPS) is 21.3. The van der Waals surface area contributed by atoms with Gasteiger partial charge in [0.15, 0.2) is 0 Å². The van der Waals surface area contributed by atoms with E-state index in [0.717, 1.165) is 24.6 Å². The van der Waals surface area contributed by atoms with Gasteiger partial charge in [0.05, 0.1) is 35.0 Å². The number of hydrogen-bond acceptors (Lipinski definition) is 6. The molecule has 0 aromatic carbocycles. The highest BCUT2D eigenvalue weighted by atomic mass is 32.2. The molecular weight excluding hydrogens is 354 g/mol. The van der Waals surface area contributed by atoms with E-state index in [-0.39, 0.29) is 40.8 Å². The monoisotopic (exact) mass is 375 g/mol. The molecule has 9 heteroatoms. The summed E-state index contributed by atoms with van der Waals surface area (Å²) >= 11 is 1.03. The highest BCUT2D eigenvalue weighted by Crippen LogP contribution is 2.41. The molecule has 0 aromatic rings. The highest BCUT2D eigenvalue weighted by molar-refractivity contribution is 8.03. The fourth-order valence-corrected chi connectivity index (χ4v) is 3.70. The van der Waals surface area contributed by atoms with Crippen molar-refractivity contribution in [3.8, 4) is 12.1 Å². The van der Waals surface area contributed by atoms with Gasteiger partial charge in [0.1, 0.15) is 5.92 Å². The van der Waals surface area contributed by atoms with Crippen LogP contribution in [0.5, 0.6) is 0 Å². The van der Waals surface area contributed by atoms with E-state index >= 15 is 0 Å². The maximum Gasteiger partial charge on any atom is 0.243 e. The van der Waals surface area contributed by atoms with Gasteiger partial charge >= 0.3 is 0 Å².